The third-order valence-corrected chi connectivity index (χ3v) is 8.09. The van der Waals surface area contributed by atoms with Gasteiger partial charge in [0.25, 0.3) is 0 Å². The smallest absolute Gasteiger partial charge is 0.232 e. The molecule has 38 heavy (non-hydrogen) atoms. The lowest BCUT2D eigenvalue weighted by molar-refractivity contribution is 0.0515. The normalized spacial score (nSPS) is 18.6. The molecule has 0 spiro atoms. The van der Waals surface area contributed by atoms with Crippen molar-refractivity contribution in [1.29, 1.82) is 0 Å². The predicted molar refractivity (Wildman–Crippen MR) is 154 cm³/mol. The molecule has 8 nitrogen and oxygen atoms in total. The number of thiocarbonyl (C=S) groups is 1. The van der Waals surface area contributed by atoms with Gasteiger partial charge in [-0.3, -0.25) is 0 Å². The molecule has 0 bridgehead atoms. The van der Waals surface area contributed by atoms with Crippen LogP contribution in [0.1, 0.15) is 29.5 Å². The van der Waals surface area contributed by atoms with Crippen molar-refractivity contribution in [3.63, 3.8) is 0 Å². The maximum absolute atomic E-state index is 5.76. The topological polar surface area (TPSA) is 74.8 Å². The highest BCUT2D eigenvalue weighted by atomic mass is 32.1. The molecule has 3 aliphatic rings. The lowest BCUT2D eigenvalue weighted by Crippen LogP contribution is -2.45. The molecule has 0 saturated carbocycles. The van der Waals surface area contributed by atoms with Crippen LogP contribution in [-0.4, -0.2) is 61.1 Å². The Kier molecular flexibility index (Phi) is 7.40. The number of aromatic nitrogens is 2. The van der Waals surface area contributed by atoms with Crippen molar-refractivity contribution in [2.45, 2.75) is 31.3 Å². The summed E-state index contributed by atoms with van der Waals surface area (Å²) in [5.41, 5.74) is 3.98. The van der Waals surface area contributed by atoms with Crippen LogP contribution in [0.3, 0.4) is 0 Å². The Hall–Kier alpha value is -3.27. The number of hydrogen-bond donors (Lipinski definition) is 2. The molecule has 0 atom stereocenters. The van der Waals surface area contributed by atoms with Gasteiger partial charge in [0.15, 0.2) is 5.11 Å². The highest BCUT2D eigenvalue weighted by Gasteiger charge is 2.34. The Morgan fingerprint density at radius 3 is 2.11 bits per heavy atom. The van der Waals surface area contributed by atoms with Gasteiger partial charge in [-0.05, 0) is 41.7 Å². The van der Waals surface area contributed by atoms with Crippen LogP contribution in [0.5, 0.6) is 0 Å². The van der Waals surface area contributed by atoms with E-state index < -0.39 is 0 Å². The molecule has 0 aliphatic carbocycles. The van der Waals surface area contributed by atoms with Crippen LogP contribution < -0.4 is 20.4 Å². The van der Waals surface area contributed by atoms with Crippen LogP contribution in [0, 0.1) is 0 Å². The summed E-state index contributed by atoms with van der Waals surface area (Å²) < 4.78 is 11.3. The summed E-state index contributed by atoms with van der Waals surface area (Å²) in [6.07, 6.45) is 1.91. The van der Waals surface area contributed by atoms with Crippen molar-refractivity contribution in [1.82, 2.24) is 15.3 Å². The predicted octanol–water partition coefficient (Wildman–Crippen LogP) is 3.87. The van der Waals surface area contributed by atoms with Gasteiger partial charge in [-0.1, -0.05) is 54.6 Å². The van der Waals surface area contributed by atoms with E-state index in [0.717, 1.165) is 70.4 Å². The second-order valence-electron chi connectivity index (χ2n) is 10.2. The minimum absolute atomic E-state index is 0.0196. The van der Waals surface area contributed by atoms with Crippen molar-refractivity contribution in [2.75, 3.05) is 61.2 Å². The molecule has 9 heteroatoms. The molecule has 3 aromatic rings. The molecule has 1 aromatic heterocycles. The molecule has 0 unspecified atom stereocenters. The molecule has 0 radical (unpaired) electrons. The van der Waals surface area contributed by atoms with E-state index in [4.69, 9.17) is 31.7 Å². The van der Waals surface area contributed by atoms with E-state index in [2.05, 4.69) is 81.1 Å². The second-order valence-corrected chi connectivity index (χ2v) is 10.6. The molecular formula is C29H34N6O2S. The Labute approximate surface area is 229 Å². The van der Waals surface area contributed by atoms with Crippen molar-refractivity contribution in [3.8, 4) is 0 Å². The van der Waals surface area contributed by atoms with Crippen LogP contribution in [0.25, 0.3) is 0 Å². The maximum atomic E-state index is 5.76. The minimum atomic E-state index is -0.0196. The van der Waals surface area contributed by atoms with Gasteiger partial charge in [-0.2, -0.15) is 9.97 Å². The van der Waals surface area contributed by atoms with Crippen LogP contribution >= 0.6 is 12.2 Å². The highest BCUT2D eigenvalue weighted by molar-refractivity contribution is 7.80. The molecule has 2 N–H and O–H groups in total. The number of hydrogen-bond acceptors (Lipinski definition) is 7. The zero-order valence-electron chi connectivity index (χ0n) is 21.6. The average molecular weight is 531 g/mol. The van der Waals surface area contributed by atoms with Gasteiger partial charge >= 0.3 is 0 Å². The van der Waals surface area contributed by atoms with E-state index in [1.54, 1.807) is 0 Å². The van der Waals surface area contributed by atoms with E-state index in [1.807, 2.05) is 0 Å². The fourth-order valence-corrected chi connectivity index (χ4v) is 5.77. The summed E-state index contributed by atoms with van der Waals surface area (Å²) in [7, 11) is 0. The van der Waals surface area contributed by atoms with Crippen LogP contribution in [-0.2, 0) is 28.0 Å². The van der Waals surface area contributed by atoms with E-state index in [0.29, 0.717) is 24.3 Å². The summed E-state index contributed by atoms with van der Waals surface area (Å²) in [5, 5.41) is 7.31. The SMILES string of the molecule is S=C(NCC1(c2ccccc2)CCOCC1)Nc1nc(N2CCOCC2)cc(N2Cc3ccccc3C2)n1. The molecular weight excluding hydrogens is 496 g/mol. The van der Waals surface area contributed by atoms with Gasteiger partial charge in [0.05, 0.1) is 13.2 Å². The Morgan fingerprint density at radius 2 is 1.42 bits per heavy atom. The zero-order valence-corrected chi connectivity index (χ0v) is 22.4. The van der Waals surface area contributed by atoms with Gasteiger partial charge in [-0.25, -0.2) is 0 Å². The molecule has 2 fully saturated rings. The third kappa shape index (κ3) is 5.45. The van der Waals surface area contributed by atoms with Crippen LogP contribution in [0.15, 0.2) is 60.7 Å². The van der Waals surface area contributed by atoms with Crippen molar-refractivity contribution in [3.05, 3.63) is 77.4 Å². The summed E-state index contributed by atoms with van der Waals surface area (Å²) in [6, 6.07) is 21.3. The van der Waals surface area contributed by atoms with Gasteiger partial charge in [0.1, 0.15) is 11.6 Å². The summed E-state index contributed by atoms with van der Waals surface area (Å²) in [4.78, 5) is 14.3. The van der Waals surface area contributed by atoms with Gasteiger partial charge in [0.2, 0.25) is 5.95 Å². The molecule has 6 rings (SSSR count). The molecule has 3 aliphatic heterocycles. The molecule has 4 heterocycles. The number of ether oxygens (including phenoxy) is 2. The second kappa shape index (κ2) is 11.2. The largest absolute Gasteiger partial charge is 0.381 e. The van der Waals surface area contributed by atoms with Gasteiger partial charge in [0, 0.05) is 57.4 Å². The maximum Gasteiger partial charge on any atom is 0.232 e. The standard InChI is InChI=1S/C29H34N6O2S/c38-28(30-21-29(10-14-36-15-11-29)24-8-2-1-3-9-24)33-27-31-25(34-12-16-37-17-13-34)18-26(32-27)35-19-22-6-4-5-7-23(22)20-35/h1-9,18H,10-17,19-21H2,(H2,30,31,32,33,38). The highest BCUT2D eigenvalue weighted by Crippen LogP contribution is 2.34. The summed E-state index contributed by atoms with van der Waals surface area (Å²) >= 11 is 5.76. The van der Waals surface area contributed by atoms with Crippen molar-refractivity contribution in [2.24, 2.45) is 0 Å². The Bertz CT molecular complexity index is 1240. The Morgan fingerprint density at radius 1 is 0.816 bits per heavy atom. The van der Waals surface area contributed by atoms with Crippen molar-refractivity contribution >= 4 is 34.9 Å². The third-order valence-electron chi connectivity index (χ3n) is 7.85. The first kappa shape index (κ1) is 25.0. The van der Waals surface area contributed by atoms with E-state index in [-0.39, 0.29) is 5.41 Å². The summed E-state index contributed by atoms with van der Waals surface area (Å²) in [5.74, 6) is 2.30. The number of anilines is 3. The number of fused-ring (bicyclic) bond motifs is 1. The lowest BCUT2D eigenvalue weighted by atomic mass is 9.74. The minimum Gasteiger partial charge on any atom is -0.381 e. The van der Waals surface area contributed by atoms with Crippen LogP contribution in [0.4, 0.5) is 17.6 Å². The number of morpholine rings is 1. The van der Waals surface area contributed by atoms with Crippen LogP contribution in [0.2, 0.25) is 0 Å². The zero-order chi connectivity index (χ0) is 25.8. The molecule has 0 amide bonds. The Balaban J connectivity index is 1.20. The first-order valence-electron chi connectivity index (χ1n) is 13.4. The molecule has 2 aromatic carbocycles. The first-order valence-corrected chi connectivity index (χ1v) is 13.8. The van der Waals surface area contributed by atoms with E-state index >= 15 is 0 Å². The van der Waals surface area contributed by atoms with Gasteiger partial charge < -0.3 is 29.9 Å². The lowest BCUT2D eigenvalue weighted by Gasteiger charge is -2.38. The van der Waals surface area contributed by atoms with Gasteiger partial charge in [-0.15, -0.1) is 0 Å². The average Bonchev–Trinajstić information content (AvgIpc) is 3.42. The number of nitrogens with one attached hydrogen (secondary N) is 2. The monoisotopic (exact) mass is 530 g/mol. The fourth-order valence-electron chi connectivity index (χ4n) is 5.61. The fraction of sp³-hybridized carbons (Fsp3) is 0.414. The number of benzene rings is 2. The van der Waals surface area contributed by atoms with E-state index in [9.17, 15) is 0 Å². The first-order chi connectivity index (χ1) is 18.7. The molecule has 198 valence electrons. The van der Waals surface area contributed by atoms with Crippen molar-refractivity contribution < 1.29 is 9.47 Å². The number of rotatable bonds is 6. The summed E-state index contributed by atoms with van der Waals surface area (Å²) in [6.45, 7) is 6.90. The van der Waals surface area contributed by atoms with E-state index in [1.165, 1.54) is 16.7 Å². The molecule has 2 saturated heterocycles. The number of nitrogens with zero attached hydrogens (tertiary/aromatic N) is 4. The quantitative estimate of drug-likeness (QED) is 0.462.